The number of hydrogen-bond donors (Lipinski definition) is 1. The number of amidine groups is 1. The summed E-state index contributed by atoms with van der Waals surface area (Å²) in [5.74, 6) is 0.906. The molecule has 1 aliphatic heterocycles. The summed E-state index contributed by atoms with van der Waals surface area (Å²) in [6, 6.07) is 4.23. The minimum atomic E-state index is 0.704. The summed E-state index contributed by atoms with van der Waals surface area (Å²) < 4.78 is 2.15. The van der Waals surface area contributed by atoms with Gasteiger partial charge in [0.05, 0.1) is 12.2 Å². The lowest BCUT2D eigenvalue weighted by Crippen LogP contribution is -2.09. The van der Waals surface area contributed by atoms with Crippen molar-refractivity contribution in [3.63, 3.8) is 0 Å². The van der Waals surface area contributed by atoms with Gasteiger partial charge in [-0.3, -0.25) is 4.99 Å². The number of nitrogens with zero attached hydrogens (tertiary/aromatic N) is 1. The molecule has 2 nitrogen and oxygen atoms in total. The van der Waals surface area contributed by atoms with Crippen molar-refractivity contribution in [2.24, 2.45) is 10.9 Å². The number of aryl methyl sites for hydroxylation is 1. The van der Waals surface area contributed by atoms with Gasteiger partial charge in [0, 0.05) is 14.2 Å². The molecule has 0 spiro atoms. The van der Waals surface area contributed by atoms with E-state index in [0.717, 1.165) is 32.3 Å². The molecule has 1 aliphatic carbocycles. The van der Waals surface area contributed by atoms with Crippen LogP contribution < -0.4 is 5.32 Å². The van der Waals surface area contributed by atoms with Crippen molar-refractivity contribution in [2.75, 3.05) is 11.9 Å². The molecule has 5 heteroatoms. The molecule has 18 heavy (non-hydrogen) atoms. The van der Waals surface area contributed by atoms with Crippen molar-refractivity contribution in [1.82, 2.24) is 0 Å². The van der Waals surface area contributed by atoms with Crippen LogP contribution in [0.25, 0.3) is 0 Å². The van der Waals surface area contributed by atoms with Gasteiger partial charge >= 0.3 is 0 Å². The van der Waals surface area contributed by atoms with E-state index in [0.29, 0.717) is 5.25 Å². The standard InChI is InChI=1S/C13H14Br2N2S/c1-7-4-9(14)12(10(15)5-7)17-13-16-6-11(18-13)8-2-3-8/h4-5,8,11H,2-3,6H2,1H3,(H,16,17). The Morgan fingerprint density at radius 3 is 2.56 bits per heavy atom. The van der Waals surface area contributed by atoms with E-state index in [4.69, 9.17) is 0 Å². The molecule has 1 heterocycles. The highest BCUT2D eigenvalue weighted by Crippen LogP contribution is 2.42. The molecule has 0 radical (unpaired) electrons. The molecule has 1 N–H and O–H groups in total. The van der Waals surface area contributed by atoms with Crippen LogP contribution in [0.4, 0.5) is 5.69 Å². The fourth-order valence-corrected chi connectivity index (χ4v) is 4.92. The molecule has 2 aliphatic rings. The lowest BCUT2D eigenvalue weighted by Gasteiger charge is -2.12. The summed E-state index contributed by atoms with van der Waals surface area (Å²) in [5.41, 5.74) is 2.31. The average Bonchev–Trinajstić information content (AvgIpc) is 3.04. The quantitative estimate of drug-likeness (QED) is 0.784. The van der Waals surface area contributed by atoms with Gasteiger partial charge in [-0.25, -0.2) is 0 Å². The van der Waals surface area contributed by atoms with Gasteiger partial charge in [0.25, 0.3) is 0 Å². The zero-order chi connectivity index (χ0) is 12.7. The predicted octanol–water partition coefficient (Wildman–Crippen LogP) is 4.81. The van der Waals surface area contributed by atoms with Gasteiger partial charge in [0.2, 0.25) is 0 Å². The van der Waals surface area contributed by atoms with Crippen LogP contribution in [0, 0.1) is 12.8 Å². The van der Waals surface area contributed by atoms with Crippen LogP contribution in [-0.4, -0.2) is 17.0 Å². The van der Waals surface area contributed by atoms with Crippen molar-refractivity contribution in [2.45, 2.75) is 25.0 Å². The number of anilines is 1. The molecular formula is C13H14Br2N2S. The first-order chi connectivity index (χ1) is 8.63. The predicted molar refractivity (Wildman–Crippen MR) is 86.6 cm³/mol. The minimum Gasteiger partial charge on any atom is -0.333 e. The first kappa shape index (κ1) is 13.0. The van der Waals surface area contributed by atoms with Crippen LogP contribution in [0.15, 0.2) is 26.1 Å². The van der Waals surface area contributed by atoms with Gasteiger partial charge in [-0.05, 0) is 75.2 Å². The molecule has 0 saturated heterocycles. The number of aliphatic imine (C=N–C) groups is 1. The highest BCUT2D eigenvalue weighted by Gasteiger charge is 2.35. The molecule has 1 fully saturated rings. The van der Waals surface area contributed by atoms with Gasteiger partial charge in [-0.2, -0.15) is 0 Å². The highest BCUT2D eigenvalue weighted by molar-refractivity contribution is 9.11. The summed E-state index contributed by atoms with van der Waals surface area (Å²) in [4.78, 5) is 4.61. The molecule has 1 unspecified atom stereocenters. The van der Waals surface area contributed by atoms with E-state index in [1.54, 1.807) is 0 Å². The Morgan fingerprint density at radius 1 is 1.28 bits per heavy atom. The monoisotopic (exact) mass is 388 g/mol. The second kappa shape index (κ2) is 5.17. The smallest absolute Gasteiger partial charge is 0.161 e. The number of halogens is 2. The van der Waals surface area contributed by atoms with E-state index in [2.05, 4.69) is 61.2 Å². The maximum atomic E-state index is 4.61. The molecular weight excluding hydrogens is 376 g/mol. The molecule has 0 amide bonds. The maximum Gasteiger partial charge on any atom is 0.161 e. The molecule has 3 rings (SSSR count). The lowest BCUT2D eigenvalue weighted by molar-refractivity contribution is 0.773. The third-order valence-electron chi connectivity index (χ3n) is 3.24. The molecule has 1 aromatic rings. The zero-order valence-corrected chi connectivity index (χ0v) is 14.0. The SMILES string of the molecule is Cc1cc(Br)c(NC2=NCC(C3CC3)S2)c(Br)c1. The molecule has 1 aromatic carbocycles. The van der Waals surface area contributed by atoms with Gasteiger partial charge in [-0.15, -0.1) is 0 Å². The first-order valence-electron chi connectivity index (χ1n) is 6.07. The van der Waals surface area contributed by atoms with Crippen LogP contribution >= 0.6 is 43.6 Å². The average molecular weight is 390 g/mol. The zero-order valence-electron chi connectivity index (χ0n) is 10.0. The largest absolute Gasteiger partial charge is 0.333 e. The third kappa shape index (κ3) is 2.78. The van der Waals surface area contributed by atoms with Gasteiger partial charge in [-0.1, -0.05) is 11.8 Å². The van der Waals surface area contributed by atoms with Crippen LogP contribution in [-0.2, 0) is 0 Å². The van der Waals surface area contributed by atoms with E-state index in [-0.39, 0.29) is 0 Å². The number of benzene rings is 1. The molecule has 96 valence electrons. The Morgan fingerprint density at radius 2 is 1.94 bits per heavy atom. The van der Waals surface area contributed by atoms with Crippen molar-refractivity contribution in [1.29, 1.82) is 0 Å². The van der Waals surface area contributed by atoms with Crippen molar-refractivity contribution >= 4 is 54.5 Å². The summed E-state index contributed by atoms with van der Waals surface area (Å²) in [6.45, 7) is 3.06. The Balaban J connectivity index is 1.73. The highest BCUT2D eigenvalue weighted by atomic mass is 79.9. The topological polar surface area (TPSA) is 24.4 Å². The second-order valence-electron chi connectivity index (χ2n) is 4.87. The van der Waals surface area contributed by atoms with E-state index in [1.807, 2.05) is 11.8 Å². The Bertz CT molecular complexity index is 489. The van der Waals surface area contributed by atoms with E-state index >= 15 is 0 Å². The van der Waals surface area contributed by atoms with E-state index in [1.165, 1.54) is 18.4 Å². The summed E-state index contributed by atoms with van der Waals surface area (Å²) >= 11 is 9.10. The van der Waals surface area contributed by atoms with E-state index in [9.17, 15) is 0 Å². The molecule has 1 atom stereocenters. The lowest BCUT2D eigenvalue weighted by atomic mass is 10.2. The summed E-state index contributed by atoms with van der Waals surface area (Å²) in [5, 5.41) is 5.19. The molecule has 0 bridgehead atoms. The van der Waals surface area contributed by atoms with Crippen molar-refractivity contribution < 1.29 is 0 Å². The fraction of sp³-hybridized carbons (Fsp3) is 0.462. The molecule has 0 aromatic heterocycles. The van der Waals surface area contributed by atoms with Gasteiger partial charge in [0.1, 0.15) is 0 Å². The van der Waals surface area contributed by atoms with Gasteiger partial charge < -0.3 is 5.32 Å². The Kier molecular flexibility index (Phi) is 3.74. The van der Waals surface area contributed by atoms with Crippen LogP contribution in [0.2, 0.25) is 0 Å². The summed E-state index contributed by atoms with van der Waals surface area (Å²) in [7, 11) is 0. The normalized spacial score (nSPS) is 23.1. The van der Waals surface area contributed by atoms with Crippen LogP contribution in [0.3, 0.4) is 0 Å². The molecule has 1 saturated carbocycles. The van der Waals surface area contributed by atoms with Crippen molar-refractivity contribution in [3.8, 4) is 0 Å². The van der Waals surface area contributed by atoms with E-state index < -0.39 is 0 Å². The van der Waals surface area contributed by atoms with Crippen LogP contribution in [0.1, 0.15) is 18.4 Å². The Labute approximate surface area is 128 Å². The van der Waals surface area contributed by atoms with Crippen molar-refractivity contribution in [3.05, 3.63) is 26.6 Å². The summed E-state index contributed by atoms with van der Waals surface area (Å²) in [6.07, 6.45) is 2.77. The number of thioether (sulfide) groups is 1. The first-order valence-corrected chi connectivity index (χ1v) is 8.54. The minimum absolute atomic E-state index is 0.704. The second-order valence-corrected chi connectivity index (χ2v) is 7.80. The Hall–Kier alpha value is -0.000000000000000111. The van der Waals surface area contributed by atoms with Gasteiger partial charge in [0.15, 0.2) is 5.17 Å². The number of rotatable bonds is 2. The maximum absolute atomic E-state index is 4.61. The third-order valence-corrected chi connectivity index (χ3v) is 5.79. The fourth-order valence-electron chi connectivity index (χ4n) is 2.10. The van der Waals surface area contributed by atoms with Crippen LogP contribution in [0.5, 0.6) is 0 Å². The number of hydrogen-bond acceptors (Lipinski definition) is 3. The number of nitrogens with one attached hydrogen (secondary N) is 1.